The fraction of sp³-hybridized carbons (Fsp3) is 0.800. The summed E-state index contributed by atoms with van der Waals surface area (Å²) in [6.07, 6.45) is 7.49. The Kier molecular flexibility index (Phi) is 4.19. The van der Waals surface area contributed by atoms with Crippen LogP contribution in [0.5, 0.6) is 0 Å². The first-order valence-corrected chi connectivity index (χ1v) is 7.37. The lowest BCUT2D eigenvalue weighted by Gasteiger charge is -2.33. The highest BCUT2D eigenvalue weighted by atomic mass is 15.2. The number of rotatable bonds is 5. The summed E-state index contributed by atoms with van der Waals surface area (Å²) in [5, 5.41) is 3.54. The van der Waals surface area contributed by atoms with Gasteiger partial charge >= 0.3 is 0 Å². The lowest BCUT2D eigenvalue weighted by Crippen LogP contribution is -2.44. The summed E-state index contributed by atoms with van der Waals surface area (Å²) >= 11 is 0. The minimum absolute atomic E-state index is 0.125. The van der Waals surface area contributed by atoms with Crippen LogP contribution in [0.15, 0.2) is 6.20 Å². The number of aromatic nitrogens is 2. The highest BCUT2D eigenvalue weighted by Gasteiger charge is 2.23. The van der Waals surface area contributed by atoms with Crippen LogP contribution >= 0.6 is 0 Å². The third-order valence-corrected chi connectivity index (χ3v) is 4.46. The third kappa shape index (κ3) is 3.30. The van der Waals surface area contributed by atoms with Crippen molar-refractivity contribution < 1.29 is 0 Å². The molecule has 1 heterocycles. The molecule has 19 heavy (non-hydrogen) atoms. The van der Waals surface area contributed by atoms with E-state index < -0.39 is 0 Å². The van der Waals surface area contributed by atoms with Gasteiger partial charge in [-0.25, -0.2) is 4.98 Å². The van der Waals surface area contributed by atoms with Crippen LogP contribution in [0.4, 0.5) is 5.95 Å². The zero-order chi connectivity index (χ0) is 14.0. The number of hydrogen-bond donors (Lipinski definition) is 1. The zero-order valence-corrected chi connectivity index (χ0v) is 13.0. The van der Waals surface area contributed by atoms with E-state index in [1.165, 1.54) is 25.7 Å². The summed E-state index contributed by atoms with van der Waals surface area (Å²) in [7, 11) is 4.24. The van der Waals surface area contributed by atoms with E-state index in [4.69, 9.17) is 0 Å². The standard InChI is InChI=1S/C15H28N4/c1-12-10-19(13-8-6-7-9-13)14(17-12)16-11-15(2,3)18(4)5/h10,13H,6-9,11H2,1-5H3,(H,16,17). The Labute approximate surface area is 117 Å². The van der Waals surface area contributed by atoms with Crippen molar-refractivity contribution in [3.63, 3.8) is 0 Å². The van der Waals surface area contributed by atoms with E-state index in [1.54, 1.807) is 0 Å². The van der Waals surface area contributed by atoms with Crippen LogP contribution in [0.2, 0.25) is 0 Å². The molecule has 0 amide bonds. The molecular formula is C15H28N4. The van der Waals surface area contributed by atoms with E-state index >= 15 is 0 Å². The van der Waals surface area contributed by atoms with Gasteiger partial charge in [-0.05, 0) is 47.7 Å². The van der Waals surface area contributed by atoms with Gasteiger partial charge in [0.15, 0.2) is 0 Å². The first-order chi connectivity index (χ1) is 8.90. The fourth-order valence-electron chi connectivity index (χ4n) is 2.56. The molecule has 108 valence electrons. The van der Waals surface area contributed by atoms with Crippen molar-refractivity contribution >= 4 is 5.95 Å². The van der Waals surface area contributed by atoms with Crippen LogP contribution in [0, 0.1) is 6.92 Å². The summed E-state index contributed by atoms with van der Waals surface area (Å²) in [5.41, 5.74) is 1.23. The number of nitrogens with one attached hydrogen (secondary N) is 1. The Hall–Kier alpha value is -1.03. The van der Waals surface area contributed by atoms with Crippen LogP contribution in [-0.4, -0.2) is 40.6 Å². The summed E-state index contributed by atoms with van der Waals surface area (Å²) < 4.78 is 2.36. The van der Waals surface area contributed by atoms with Gasteiger partial charge in [0.25, 0.3) is 0 Å². The van der Waals surface area contributed by atoms with Gasteiger partial charge in [-0.15, -0.1) is 0 Å². The molecule has 4 heteroatoms. The molecule has 0 bridgehead atoms. The average molecular weight is 264 g/mol. The molecule has 2 rings (SSSR count). The van der Waals surface area contributed by atoms with Gasteiger partial charge in [0.2, 0.25) is 5.95 Å². The molecule has 1 fully saturated rings. The van der Waals surface area contributed by atoms with E-state index in [9.17, 15) is 0 Å². The summed E-state index contributed by atoms with van der Waals surface area (Å²) in [6.45, 7) is 7.47. The normalized spacial score (nSPS) is 17.4. The van der Waals surface area contributed by atoms with E-state index in [1.807, 2.05) is 0 Å². The van der Waals surface area contributed by atoms with Crippen molar-refractivity contribution in [1.82, 2.24) is 14.5 Å². The minimum Gasteiger partial charge on any atom is -0.354 e. The molecule has 1 aromatic rings. The van der Waals surface area contributed by atoms with Crippen LogP contribution in [0.25, 0.3) is 0 Å². The first-order valence-electron chi connectivity index (χ1n) is 7.37. The molecule has 0 unspecified atom stereocenters. The van der Waals surface area contributed by atoms with Crippen molar-refractivity contribution in [3.05, 3.63) is 11.9 Å². The summed E-state index contributed by atoms with van der Waals surface area (Å²) in [4.78, 5) is 6.90. The smallest absolute Gasteiger partial charge is 0.203 e. The molecule has 1 aliphatic carbocycles. The zero-order valence-electron chi connectivity index (χ0n) is 13.0. The average Bonchev–Trinajstić information content (AvgIpc) is 2.94. The highest BCUT2D eigenvalue weighted by Crippen LogP contribution is 2.32. The van der Waals surface area contributed by atoms with Gasteiger partial charge in [-0.2, -0.15) is 0 Å². The van der Waals surface area contributed by atoms with Crippen molar-refractivity contribution in [3.8, 4) is 0 Å². The first kappa shape index (κ1) is 14.4. The van der Waals surface area contributed by atoms with E-state index in [2.05, 4.69) is 60.8 Å². The van der Waals surface area contributed by atoms with Crippen molar-refractivity contribution in [2.24, 2.45) is 0 Å². The Morgan fingerprint density at radius 2 is 2.00 bits per heavy atom. The predicted octanol–water partition coefficient (Wildman–Crippen LogP) is 3.06. The van der Waals surface area contributed by atoms with Gasteiger partial charge < -0.3 is 14.8 Å². The quantitative estimate of drug-likeness (QED) is 0.887. The molecule has 0 atom stereocenters. The maximum Gasteiger partial charge on any atom is 0.203 e. The molecule has 1 saturated carbocycles. The van der Waals surface area contributed by atoms with E-state index in [0.717, 1.165) is 18.2 Å². The maximum atomic E-state index is 4.65. The second-order valence-corrected chi connectivity index (χ2v) is 6.61. The minimum atomic E-state index is 0.125. The van der Waals surface area contributed by atoms with Crippen molar-refractivity contribution in [2.45, 2.75) is 58.0 Å². The second-order valence-electron chi connectivity index (χ2n) is 6.61. The number of anilines is 1. The Morgan fingerprint density at radius 3 is 2.58 bits per heavy atom. The molecule has 0 radical (unpaired) electrons. The third-order valence-electron chi connectivity index (χ3n) is 4.46. The highest BCUT2D eigenvalue weighted by molar-refractivity contribution is 5.30. The monoisotopic (exact) mass is 264 g/mol. The lowest BCUT2D eigenvalue weighted by atomic mass is 10.0. The topological polar surface area (TPSA) is 33.1 Å². The maximum absolute atomic E-state index is 4.65. The molecule has 1 aromatic heterocycles. The molecule has 0 spiro atoms. The van der Waals surface area contributed by atoms with Crippen LogP contribution in [-0.2, 0) is 0 Å². The molecule has 1 aliphatic rings. The van der Waals surface area contributed by atoms with E-state index in [0.29, 0.717) is 6.04 Å². The number of hydrogen-bond acceptors (Lipinski definition) is 3. The fourth-order valence-corrected chi connectivity index (χ4v) is 2.56. The lowest BCUT2D eigenvalue weighted by molar-refractivity contribution is 0.209. The second kappa shape index (κ2) is 5.53. The summed E-state index contributed by atoms with van der Waals surface area (Å²) in [5.74, 6) is 1.04. The Bertz CT molecular complexity index is 414. The SMILES string of the molecule is Cc1cn(C2CCCC2)c(NCC(C)(C)N(C)C)n1. The van der Waals surface area contributed by atoms with Gasteiger partial charge in [-0.1, -0.05) is 12.8 Å². The van der Waals surface area contributed by atoms with Gasteiger partial charge in [0.1, 0.15) is 0 Å². The summed E-state index contributed by atoms with van der Waals surface area (Å²) in [6, 6.07) is 0.645. The predicted molar refractivity (Wildman–Crippen MR) is 80.7 cm³/mol. The van der Waals surface area contributed by atoms with Crippen LogP contribution in [0.1, 0.15) is 51.3 Å². The molecular weight excluding hydrogens is 236 g/mol. The number of nitrogens with zero attached hydrogens (tertiary/aromatic N) is 3. The molecule has 0 saturated heterocycles. The number of likely N-dealkylation sites (N-methyl/N-ethyl adjacent to an activating group) is 1. The van der Waals surface area contributed by atoms with E-state index in [-0.39, 0.29) is 5.54 Å². The molecule has 4 nitrogen and oxygen atoms in total. The molecule has 1 N–H and O–H groups in total. The van der Waals surface area contributed by atoms with Gasteiger partial charge in [0, 0.05) is 24.3 Å². The molecule has 0 aromatic carbocycles. The van der Waals surface area contributed by atoms with Crippen molar-refractivity contribution in [1.29, 1.82) is 0 Å². The van der Waals surface area contributed by atoms with Gasteiger partial charge in [0.05, 0.1) is 5.69 Å². The molecule has 0 aliphatic heterocycles. The number of aryl methyl sites for hydroxylation is 1. The largest absolute Gasteiger partial charge is 0.354 e. The van der Waals surface area contributed by atoms with Gasteiger partial charge in [-0.3, -0.25) is 0 Å². The Balaban J connectivity index is 2.07. The Morgan fingerprint density at radius 1 is 1.37 bits per heavy atom. The van der Waals surface area contributed by atoms with Crippen molar-refractivity contribution in [2.75, 3.05) is 26.0 Å². The van der Waals surface area contributed by atoms with Crippen LogP contribution < -0.4 is 5.32 Å². The number of imidazole rings is 1. The van der Waals surface area contributed by atoms with Crippen LogP contribution in [0.3, 0.4) is 0 Å².